The minimum absolute atomic E-state index is 0.0318. The Balaban J connectivity index is 1.94. The van der Waals surface area contributed by atoms with E-state index in [0.29, 0.717) is 11.6 Å². The zero-order chi connectivity index (χ0) is 16.2. The van der Waals surface area contributed by atoms with Crippen LogP contribution in [0, 0.1) is 0 Å². The highest BCUT2D eigenvalue weighted by Crippen LogP contribution is 2.27. The third-order valence-electron chi connectivity index (χ3n) is 3.37. The summed E-state index contributed by atoms with van der Waals surface area (Å²) in [5, 5.41) is 8.52. The quantitative estimate of drug-likeness (QED) is 0.512. The molecule has 3 aromatic rings. The molecule has 0 N–H and O–H groups in total. The molecular weight excluding hydrogens is 298 g/mol. The highest BCUT2D eigenvalue weighted by molar-refractivity contribution is 5.97. The Kier molecular flexibility index (Phi) is 4.18. The number of para-hydroxylation sites is 1. The van der Waals surface area contributed by atoms with Gasteiger partial charge in [-0.05, 0) is 19.1 Å². The van der Waals surface area contributed by atoms with Crippen LogP contribution in [0.2, 0.25) is 0 Å². The van der Waals surface area contributed by atoms with Crippen LogP contribution in [0.1, 0.15) is 13.3 Å². The van der Waals surface area contributed by atoms with Gasteiger partial charge in [0.05, 0.1) is 13.2 Å². The summed E-state index contributed by atoms with van der Waals surface area (Å²) >= 11 is 0. The van der Waals surface area contributed by atoms with E-state index in [0.717, 1.165) is 10.9 Å². The number of ether oxygens (including phenoxy) is 1. The molecule has 0 radical (unpaired) electrons. The van der Waals surface area contributed by atoms with Crippen molar-refractivity contribution in [3.05, 3.63) is 36.7 Å². The summed E-state index contributed by atoms with van der Waals surface area (Å²) < 4.78 is 11.8. The van der Waals surface area contributed by atoms with Crippen LogP contribution in [0.4, 0.5) is 0 Å². The van der Waals surface area contributed by atoms with Crippen molar-refractivity contribution >= 4 is 22.7 Å². The van der Waals surface area contributed by atoms with Gasteiger partial charge in [0, 0.05) is 10.9 Å². The number of fused-ring (bicyclic) bond motifs is 1. The number of carbonyl (C=O) groups excluding carboxylic acids is 2. The Morgan fingerprint density at radius 3 is 2.87 bits per heavy atom. The van der Waals surface area contributed by atoms with Gasteiger partial charge in [-0.1, -0.05) is 18.2 Å². The third-order valence-corrected chi connectivity index (χ3v) is 3.37. The largest absolute Gasteiger partial charge is 0.466 e. The first-order chi connectivity index (χ1) is 11.2. The van der Waals surface area contributed by atoms with Crippen LogP contribution in [-0.2, 0) is 20.9 Å². The van der Waals surface area contributed by atoms with E-state index >= 15 is 0 Å². The van der Waals surface area contributed by atoms with Gasteiger partial charge in [0.2, 0.25) is 6.39 Å². The van der Waals surface area contributed by atoms with Gasteiger partial charge in [-0.3, -0.25) is 9.59 Å². The second-order valence-electron chi connectivity index (χ2n) is 4.94. The highest BCUT2D eigenvalue weighted by atomic mass is 16.5. The summed E-state index contributed by atoms with van der Waals surface area (Å²) in [6.45, 7) is 1.99. The summed E-state index contributed by atoms with van der Waals surface area (Å²) in [6.07, 6.45) is 0.974. The molecule has 0 atom stereocenters. The fraction of sp³-hybridized carbons (Fsp3) is 0.250. The number of hydrogen-bond donors (Lipinski definition) is 0. The lowest BCUT2D eigenvalue weighted by molar-refractivity contribution is -0.145. The van der Waals surface area contributed by atoms with Gasteiger partial charge in [-0.2, -0.15) is 0 Å². The van der Waals surface area contributed by atoms with Gasteiger partial charge in [0.1, 0.15) is 12.1 Å². The molecule has 0 spiro atoms. The van der Waals surface area contributed by atoms with Crippen LogP contribution in [-0.4, -0.2) is 33.1 Å². The first-order valence-corrected chi connectivity index (χ1v) is 7.21. The number of rotatable bonds is 6. The van der Waals surface area contributed by atoms with E-state index in [2.05, 4.69) is 10.2 Å². The van der Waals surface area contributed by atoms with Crippen molar-refractivity contribution in [3.63, 3.8) is 0 Å². The molecule has 0 aliphatic rings. The van der Waals surface area contributed by atoms with Crippen LogP contribution < -0.4 is 0 Å². The Morgan fingerprint density at radius 1 is 1.30 bits per heavy atom. The molecule has 0 amide bonds. The van der Waals surface area contributed by atoms with Crippen molar-refractivity contribution in [2.24, 2.45) is 0 Å². The monoisotopic (exact) mass is 313 g/mol. The topological polar surface area (TPSA) is 87.2 Å². The van der Waals surface area contributed by atoms with Gasteiger partial charge in [-0.25, -0.2) is 0 Å². The van der Waals surface area contributed by atoms with Crippen molar-refractivity contribution < 1.29 is 18.7 Å². The van der Waals surface area contributed by atoms with Gasteiger partial charge >= 0.3 is 5.97 Å². The molecule has 23 heavy (non-hydrogen) atoms. The van der Waals surface area contributed by atoms with E-state index in [4.69, 9.17) is 9.15 Å². The molecule has 7 heteroatoms. The maximum atomic E-state index is 12.2. The van der Waals surface area contributed by atoms with Crippen LogP contribution in [0.25, 0.3) is 22.5 Å². The molecular formula is C16H15N3O4. The Bertz CT molecular complexity index is 836. The molecule has 118 valence electrons. The van der Waals surface area contributed by atoms with E-state index in [1.54, 1.807) is 11.5 Å². The molecule has 0 unspecified atom stereocenters. The van der Waals surface area contributed by atoms with Crippen molar-refractivity contribution in [1.29, 1.82) is 0 Å². The number of aromatic nitrogens is 3. The van der Waals surface area contributed by atoms with Gasteiger partial charge < -0.3 is 13.7 Å². The Hall–Kier alpha value is -2.96. The van der Waals surface area contributed by atoms with Gasteiger partial charge in [0.25, 0.3) is 5.89 Å². The predicted octanol–water partition coefficient (Wildman–Crippen LogP) is 2.21. The third kappa shape index (κ3) is 3.13. The molecule has 2 aromatic heterocycles. The lowest BCUT2D eigenvalue weighted by atomic mass is 10.2. The smallest absolute Gasteiger partial charge is 0.313 e. The van der Waals surface area contributed by atoms with Crippen molar-refractivity contribution in [1.82, 2.24) is 14.8 Å². The molecule has 7 nitrogen and oxygen atoms in total. The summed E-state index contributed by atoms with van der Waals surface area (Å²) in [6, 6.07) is 9.49. The molecule has 2 heterocycles. The molecule has 0 saturated heterocycles. The SMILES string of the molecule is CCOC(=O)CC(=O)Cn1c(-c2nnco2)cc2ccccc21. The first kappa shape index (κ1) is 15.0. The molecule has 0 aliphatic heterocycles. The predicted molar refractivity (Wildman–Crippen MR) is 81.5 cm³/mol. The first-order valence-electron chi connectivity index (χ1n) is 7.21. The summed E-state index contributed by atoms with van der Waals surface area (Å²) in [5.74, 6) is -0.441. The van der Waals surface area contributed by atoms with E-state index in [9.17, 15) is 9.59 Å². The summed E-state index contributed by atoms with van der Waals surface area (Å²) in [4.78, 5) is 23.6. The van der Waals surface area contributed by atoms with Crippen LogP contribution >= 0.6 is 0 Å². The number of benzene rings is 1. The van der Waals surface area contributed by atoms with Crippen molar-refractivity contribution in [2.45, 2.75) is 19.9 Å². The second kappa shape index (κ2) is 6.43. The minimum atomic E-state index is -0.520. The lowest BCUT2D eigenvalue weighted by Gasteiger charge is -2.08. The van der Waals surface area contributed by atoms with Gasteiger partial charge in [-0.15, -0.1) is 10.2 Å². The lowest BCUT2D eigenvalue weighted by Crippen LogP contribution is -2.16. The number of nitrogens with zero attached hydrogens (tertiary/aromatic N) is 3. The molecule has 0 bridgehead atoms. The van der Waals surface area contributed by atoms with Crippen LogP contribution in [0.15, 0.2) is 41.1 Å². The minimum Gasteiger partial charge on any atom is -0.466 e. The molecule has 0 saturated carbocycles. The van der Waals surface area contributed by atoms with Crippen molar-refractivity contribution in [2.75, 3.05) is 6.61 Å². The highest BCUT2D eigenvalue weighted by Gasteiger charge is 2.18. The zero-order valence-electron chi connectivity index (χ0n) is 12.6. The average Bonchev–Trinajstić information content (AvgIpc) is 3.15. The van der Waals surface area contributed by atoms with E-state index in [-0.39, 0.29) is 25.4 Å². The Morgan fingerprint density at radius 2 is 2.13 bits per heavy atom. The number of carbonyl (C=O) groups is 2. The molecule has 0 fully saturated rings. The second-order valence-corrected chi connectivity index (χ2v) is 4.94. The number of Topliss-reactive ketones (excluding diaryl/α,β-unsaturated/α-hetero) is 1. The number of hydrogen-bond acceptors (Lipinski definition) is 6. The maximum Gasteiger partial charge on any atom is 0.313 e. The van der Waals surface area contributed by atoms with Crippen molar-refractivity contribution in [3.8, 4) is 11.6 Å². The fourth-order valence-electron chi connectivity index (χ4n) is 2.45. The summed E-state index contributed by atoms with van der Waals surface area (Å²) in [5.41, 5.74) is 1.50. The zero-order valence-corrected chi connectivity index (χ0v) is 12.6. The van der Waals surface area contributed by atoms with E-state index < -0.39 is 5.97 Å². The van der Waals surface area contributed by atoms with Gasteiger partial charge in [0.15, 0.2) is 5.78 Å². The maximum absolute atomic E-state index is 12.2. The Labute approximate surface area is 131 Å². The van der Waals surface area contributed by atoms with E-state index in [1.807, 2.05) is 30.3 Å². The number of ketones is 1. The number of esters is 1. The fourth-order valence-corrected chi connectivity index (χ4v) is 2.45. The normalized spacial score (nSPS) is 10.8. The molecule has 0 aliphatic carbocycles. The van der Waals surface area contributed by atoms with E-state index in [1.165, 1.54) is 6.39 Å². The van der Waals surface area contributed by atoms with Crippen LogP contribution in [0.5, 0.6) is 0 Å². The summed E-state index contributed by atoms with van der Waals surface area (Å²) in [7, 11) is 0. The standard InChI is InChI=1S/C16H15N3O4/c1-2-22-15(21)8-12(20)9-19-13-6-4-3-5-11(13)7-14(19)16-18-17-10-23-16/h3-7,10H,2,8-9H2,1H3. The molecule has 1 aromatic carbocycles. The average molecular weight is 313 g/mol. The molecule has 3 rings (SSSR count). The van der Waals surface area contributed by atoms with Crippen LogP contribution in [0.3, 0.4) is 0 Å².